The number of rotatable bonds is 3. The van der Waals surface area contributed by atoms with Crippen LogP contribution in [0.5, 0.6) is 0 Å². The van der Waals surface area contributed by atoms with Crippen molar-refractivity contribution in [2.45, 2.75) is 12.8 Å². The van der Waals surface area contributed by atoms with Crippen molar-refractivity contribution in [3.8, 4) is 0 Å². The van der Waals surface area contributed by atoms with E-state index in [0.29, 0.717) is 0 Å². The number of nitrogens with zero attached hydrogens (tertiary/aromatic N) is 3. The van der Waals surface area contributed by atoms with Crippen LogP contribution in [-0.2, 0) is 9.59 Å². The first kappa shape index (κ1) is 14.0. The van der Waals surface area contributed by atoms with Crippen LogP contribution in [0.4, 0.5) is 4.79 Å². The summed E-state index contributed by atoms with van der Waals surface area (Å²) in [6.45, 7) is 0. The summed E-state index contributed by atoms with van der Waals surface area (Å²) in [7, 11) is 2.68. The van der Waals surface area contributed by atoms with Crippen LogP contribution in [0.1, 0.15) is 12.8 Å². The van der Waals surface area contributed by atoms with Crippen LogP contribution in [0.25, 0.3) is 0 Å². The first-order chi connectivity index (χ1) is 9.52. The minimum atomic E-state index is -1.07. The molecule has 7 heteroatoms. The molecule has 20 heavy (non-hydrogen) atoms. The van der Waals surface area contributed by atoms with Crippen molar-refractivity contribution >= 4 is 24.1 Å². The van der Waals surface area contributed by atoms with E-state index in [1.54, 1.807) is 0 Å². The lowest BCUT2D eigenvalue weighted by atomic mass is 10.1. The number of hydrogen-bond donors (Lipinski definition) is 1. The molecule has 0 aromatic carbocycles. The molecule has 1 heterocycles. The van der Waals surface area contributed by atoms with E-state index in [0.717, 1.165) is 28.3 Å². The lowest BCUT2D eigenvalue weighted by Gasteiger charge is -2.31. The normalized spacial score (nSPS) is 20.9. The van der Waals surface area contributed by atoms with Crippen molar-refractivity contribution in [2.75, 3.05) is 14.1 Å². The second-order valence-corrected chi connectivity index (χ2v) is 4.58. The Kier molecular flexibility index (Phi) is 3.97. The monoisotopic (exact) mass is 276 g/mol. The first-order valence-electron chi connectivity index (χ1n) is 6.27. The van der Waals surface area contributed by atoms with E-state index in [1.807, 2.05) is 18.2 Å². The summed E-state index contributed by atoms with van der Waals surface area (Å²) in [6.07, 6.45) is 9.01. The number of nitrogens with one attached hydrogen (secondary N) is 1. The van der Waals surface area contributed by atoms with Gasteiger partial charge in [-0.2, -0.15) is 5.10 Å². The number of carbonyl (C=O) groups is 3. The highest BCUT2D eigenvalue weighted by Gasteiger charge is 2.41. The second kappa shape index (κ2) is 5.68. The predicted molar refractivity (Wildman–Crippen MR) is 72.5 cm³/mol. The zero-order valence-corrected chi connectivity index (χ0v) is 11.4. The fourth-order valence-corrected chi connectivity index (χ4v) is 1.95. The van der Waals surface area contributed by atoms with E-state index in [1.165, 1.54) is 20.3 Å². The van der Waals surface area contributed by atoms with Crippen molar-refractivity contribution in [3.63, 3.8) is 0 Å². The van der Waals surface area contributed by atoms with Crippen molar-refractivity contribution in [3.05, 3.63) is 23.9 Å². The number of barbiturate groups is 1. The van der Waals surface area contributed by atoms with Crippen LogP contribution in [0, 0.1) is 5.92 Å². The number of carbonyl (C=O) groups excluding carboxylic acids is 3. The third-order valence-corrected chi connectivity index (χ3v) is 3.18. The smallest absolute Gasteiger partial charge is 0.279 e. The zero-order chi connectivity index (χ0) is 14.7. The fraction of sp³-hybridized carbons (Fsp3) is 0.385. The number of amides is 4. The number of hydrogen-bond acceptors (Lipinski definition) is 5. The molecule has 0 radical (unpaired) electrons. The largest absolute Gasteiger partial charge is 0.332 e. The van der Waals surface area contributed by atoms with E-state index in [9.17, 15) is 14.4 Å². The lowest BCUT2D eigenvalue weighted by molar-refractivity contribution is -0.144. The Morgan fingerprint density at radius 2 is 1.85 bits per heavy atom. The third kappa shape index (κ3) is 2.61. The van der Waals surface area contributed by atoms with Crippen molar-refractivity contribution in [1.29, 1.82) is 0 Å². The van der Waals surface area contributed by atoms with Crippen LogP contribution in [-0.4, -0.2) is 48.0 Å². The van der Waals surface area contributed by atoms with Gasteiger partial charge >= 0.3 is 6.03 Å². The molecular weight excluding hydrogens is 260 g/mol. The highest BCUT2D eigenvalue weighted by Crippen LogP contribution is 2.13. The van der Waals surface area contributed by atoms with Gasteiger partial charge in [-0.3, -0.25) is 24.8 Å². The Morgan fingerprint density at radius 1 is 1.20 bits per heavy atom. The van der Waals surface area contributed by atoms with Gasteiger partial charge in [0.05, 0.1) is 5.70 Å². The molecule has 0 aromatic heterocycles. The summed E-state index contributed by atoms with van der Waals surface area (Å²) in [5, 5.41) is 3.91. The summed E-state index contributed by atoms with van der Waals surface area (Å²) in [5.41, 5.74) is 3.59. The van der Waals surface area contributed by atoms with E-state index < -0.39 is 23.8 Å². The molecule has 0 atom stereocenters. The van der Waals surface area contributed by atoms with E-state index in [4.69, 9.17) is 0 Å². The Morgan fingerprint density at radius 3 is 2.40 bits per heavy atom. The molecule has 0 spiro atoms. The Hall–Kier alpha value is -2.44. The van der Waals surface area contributed by atoms with Crippen LogP contribution >= 0.6 is 0 Å². The van der Waals surface area contributed by atoms with Gasteiger partial charge in [0.2, 0.25) is 11.8 Å². The van der Waals surface area contributed by atoms with Crippen LogP contribution < -0.4 is 5.43 Å². The molecule has 1 aliphatic heterocycles. The van der Waals surface area contributed by atoms with Gasteiger partial charge < -0.3 is 0 Å². The molecule has 0 saturated carbocycles. The van der Waals surface area contributed by atoms with Gasteiger partial charge in [0.25, 0.3) is 0 Å². The lowest BCUT2D eigenvalue weighted by Crippen LogP contribution is -2.57. The number of imide groups is 2. The highest BCUT2D eigenvalue weighted by molar-refractivity contribution is 6.23. The van der Waals surface area contributed by atoms with Gasteiger partial charge in [-0.25, -0.2) is 4.79 Å². The minimum absolute atomic E-state index is 0.572. The quantitative estimate of drug-likeness (QED) is 0.461. The summed E-state index contributed by atoms with van der Waals surface area (Å²) in [6, 6.07) is -0.629. The van der Waals surface area contributed by atoms with Gasteiger partial charge in [-0.15, -0.1) is 0 Å². The van der Waals surface area contributed by atoms with Crippen molar-refractivity contribution in [1.82, 2.24) is 15.2 Å². The molecule has 1 aliphatic carbocycles. The van der Waals surface area contributed by atoms with Gasteiger partial charge in [-0.05, 0) is 18.9 Å². The average Bonchev–Trinajstić information content (AvgIpc) is 2.48. The Balaban J connectivity index is 2.05. The van der Waals surface area contributed by atoms with Gasteiger partial charge in [0.1, 0.15) is 0 Å². The second-order valence-electron chi connectivity index (χ2n) is 4.58. The standard InChI is InChI=1S/C13H16N4O3/c1-16-11(18)10(12(19)17(2)13(16)20)8-14-15-9-6-4-3-5-7-9/h4,6-8,10,15H,3,5H2,1-2H3/b14-8+. The molecule has 4 amide bonds. The molecule has 0 unspecified atom stereocenters. The molecule has 2 aliphatic rings. The van der Waals surface area contributed by atoms with Gasteiger partial charge in [-0.1, -0.05) is 12.2 Å². The molecule has 7 nitrogen and oxygen atoms in total. The third-order valence-electron chi connectivity index (χ3n) is 3.18. The predicted octanol–water partition coefficient (Wildman–Crippen LogP) is 0.462. The summed E-state index contributed by atoms with van der Waals surface area (Å²) in [4.78, 5) is 37.1. The molecule has 106 valence electrons. The fourth-order valence-electron chi connectivity index (χ4n) is 1.95. The molecule has 1 fully saturated rings. The first-order valence-corrected chi connectivity index (χ1v) is 6.27. The van der Waals surface area contributed by atoms with Gasteiger partial charge in [0.15, 0.2) is 5.92 Å². The number of allylic oxidation sites excluding steroid dienone is 3. The zero-order valence-electron chi connectivity index (χ0n) is 11.4. The summed E-state index contributed by atoms with van der Waals surface area (Å²) >= 11 is 0. The van der Waals surface area contributed by atoms with Crippen molar-refractivity contribution in [2.24, 2.45) is 11.0 Å². The number of urea groups is 1. The highest BCUT2D eigenvalue weighted by atomic mass is 16.2. The number of hydrazone groups is 1. The Bertz CT molecular complexity index is 512. The maximum atomic E-state index is 11.9. The van der Waals surface area contributed by atoms with E-state index >= 15 is 0 Å². The van der Waals surface area contributed by atoms with E-state index in [-0.39, 0.29) is 0 Å². The van der Waals surface area contributed by atoms with Crippen LogP contribution in [0.2, 0.25) is 0 Å². The SMILES string of the molecule is CN1C(=O)C(/C=N/NC2=CCCC=C2)C(=O)N(C)C1=O. The van der Waals surface area contributed by atoms with E-state index in [2.05, 4.69) is 10.5 Å². The van der Waals surface area contributed by atoms with Crippen molar-refractivity contribution < 1.29 is 14.4 Å². The topological polar surface area (TPSA) is 82.1 Å². The van der Waals surface area contributed by atoms with Crippen LogP contribution in [0.15, 0.2) is 29.0 Å². The molecule has 2 rings (SSSR count). The molecule has 0 bridgehead atoms. The van der Waals surface area contributed by atoms with Crippen LogP contribution in [0.3, 0.4) is 0 Å². The summed E-state index contributed by atoms with van der Waals surface area (Å²) < 4.78 is 0. The summed E-state index contributed by atoms with van der Waals surface area (Å²) in [5.74, 6) is -2.21. The Labute approximate surface area is 116 Å². The maximum Gasteiger partial charge on any atom is 0.332 e. The maximum absolute atomic E-state index is 11.9. The molecule has 0 aromatic rings. The molecule has 1 N–H and O–H groups in total. The molecule has 1 saturated heterocycles. The average molecular weight is 276 g/mol. The minimum Gasteiger partial charge on any atom is -0.279 e. The molecular formula is C13H16N4O3. The van der Waals surface area contributed by atoms with Gasteiger partial charge in [0, 0.05) is 20.3 Å².